The summed E-state index contributed by atoms with van der Waals surface area (Å²) in [6.07, 6.45) is 0. The summed E-state index contributed by atoms with van der Waals surface area (Å²) < 4.78 is 10.6. The maximum atomic E-state index is 12.3. The van der Waals surface area contributed by atoms with Crippen molar-refractivity contribution < 1.29 is 24.2 Å². The lowest BCUT2D eigenvalue weighted by Gasteiger charge is -2.17. The second-order valence-corrected chi connectivity index (χ2v) is 5.57. The summed E-state index contributed by atoms with van der Waals surface area (Å²) in [6.45, 7) is 6.73. The molecule has 0 heterocycles. The van der Waals surface area contributed by atoms with Gasteiger partial charge in [-0.3, -0.25) is 0 Å². The number of halogens is 1. The minimum atomic E-state index is -0.744. The quantitative estimate of drug-likeness (QED) is 0.546. The van der Waals surface area contributed by atoms with Gasteiger partial charge >= 0.3 is 11.9 Å². The zero-order chi connectivity index (χ0) is 18.9. The first-order valence-electron chi connectivity index (χ1n) is 8.55. The fraction of sp³-hybridized carbons (Fsp3) is 0.300. The van der Waals surface area contributed by atoms with Crippen LogP contribution in [0.2, 0.25) is 0 Å². The van der Waals surface area contributed by atoms with Crippen LogP contribution in [0.25, 0.3) is 0 Å². The number of phenolic OH excluding ortho intramolecular Hbond substituents is 1. The molecule has 0 aromatic heterocycles. The van der Waals surface area contributed by atoms with Crippen molar-refractivity contribution in [1.29, 1.82) is 0 Å². The molecule has 0 saturated heterocycles. The highest BCUT2D eigenvalue weighted by molar-refractivity contribution is 5.97. The summed E-state index contributed by atoms with van der Waals surface area (Å²) in [7, 11) is 0. The van der Waals surface area contributed by atoms with Gasteiger partial charge in [0.25, 0.3) is 0 Å². The lowest BCUT2D eigenvalue weighted by molar-refractivity contribution is 0.0461. The molecule has 0 atom stereocenters. The Labute approximate surface area is 165 Å². The third-order valence-corrected chi connectivity index (χ3v) is 3.97. The maximum absolute atomic E-state index is 12.3. The molecule has 0 radical (unpaired) electrons. The minimum absolute atomic E-state index is 0. The number of rotatable bonds is 8. The van der Waals surface area contributed by atoms with Gasteiger partial charge in [-0.25, -0.2) is 9.59 Å². The number of hydrogen-bond donors (Lipinski definition) is 1. The number of benzene rings is 2. The van der Waals surface area contributed by atoms with Crippen molar-refractivity contribution >= 4 is 24.3 Å². The van der Waals surface area contributed by atoms with Crippen molar-refractivity contribution in [3.05, 3.63) is 59.7 Å². The third-order valence-electron chi connectivity index (χ3n) is 3.97. The van der Waals surface area contributed by atoms with Crippen molar-refractivity contribution in [2.24, 2.45) is 0 Å². The van der Waals surface area contributed by atoms with Gasteiger partial charge < -0.3 is 19.5 Å². The Balaban J connectivity index is 0.00000364. The van der Waals surface area contributed by atoms with Crippen LogP contribution in [0.1, 0.15) is 34.6 Å². The average Bonchev–Trinajstić information content (AvgIpc) is 2.66. The molecule has 0 bridgehead atoms. The number of esters is 2. The van der Waals surface area contributed by atoms with Crippen LogP contribution in [0.4, 0.5) is 0 Å². The molecule has 0 aliphatic rings. The Morgan fingerprint density at radius 1 is 0.926 bits per heavy atom. The number of likely N-dealkylation sites (N-methyl/N-ethyl adjacent to an activating group) is 1. The van der Waals surface area contributed by atoms with Gasteiger partial charge in [-0.1, -0.05) is 38.1 Å². The fourth-order valence-electron chi connectivity index (χ4n) is 2.41. The third kappa shape index (κ3) is 6.27. The summed E-state index contributed by atoms with van der Waals surface area (Å²) in [5.74, 6) is -1.39. The van der Waals surface area contributed by atoms with Crippen LogP contribution in [-0.2, 0) is 4.74 Å². The first kappa shape index (κ1) is 22.5. The molecule has 2 rings (SSSR count). The first-order chi connectivity index (χ1) is 12.6. The number of carbonyl (C=O) groups is 2. The van der Waals surface area contributed by atoms with Crippen molar-refractivity contribution in [3.8, 4) is 11.5 Å². The zero-order valence-electron chi connectivity index (χ0n) is 15.4. The molecule has 2 aromatic carbocycles. The van der Waals surface area contributed by atoms with E-state index in [2.05, 4.69) is 4.90 Å². The van der Waals surface area contributed by atoms with E-state index in [-0.39, 0.29) is 41.6 Å². The molecule has 146 valence electrons. The SMILES string of the molecule is CCN(CC)CCOC(=O)c1ccccc1OC(=O)c1ccccc1O.Cl. The molecule has 27 heavy (non-hydrogen) atoms. The predicted octanol–water partition coefficient (Wildman–Crippen LogP) is 3.53. The van der Waals surface area contributed by atoms with Crippen LogP contribution in [-0.4, -0.2) is 48.2 Å². The molecule has 0 saturated carbocycles. The normalized spacial score (nSPS) is 10.2. The van der Waals surface area contributed by atoms with Crippen molar-refractivity contribution in [3.63, 3.8) is 0 Å². The van der Waals surface area contributed by atoms with Gasteiger partial charge in [-0.15, -0.1) is 12.4 Å². The molecule has 0 amide bonds. The van der Waals surface area contributed by atoms with E-state index in [0.29, 0.717) is 6.54 Å². The van der Waals surface area contributed by atoms with Gasteiger partial charge in [0.15, 0.2) is 0 Å². The van der Waals surface area contributed by atoms with E-state index in [1.54, 1.807) is 24.3 Å². The van der Waals surface area contributed by atoms with E-state index in [9.17, 15) is 14.7 Å². The van der Waals surface area contributed by atoms with Crippen molar-refractivity contribution in [2.45, 2.75) is 13.8 Å². The van der Waals surface area contributed by atoms with Crippen molar-refractivity contribution in [2.75, 3.05) is 26.2 Å². The van der Waals surface area contributed by atoms with Crippen LogP contribution >= 0.6 is 12.4 Å². The van der Waals surface area contributed by atoms with Crippen LogP contribution in [0.15, 0.2) is 48.5 Å². The summed E-state index contributed by atoms with van der Waals surface area (Å²) >= 11 is 0. The van der Waals surface area contributed by atoms with Crippen LogP contribution < -0.4 is 4.74 Å². The minimum Gasteiger partial charge on any atom is -0.507 e. The largest absolute Gasteiger partial charge is 0.507 e. The Morgan fingerprint density at radius 3 is 2.15 bits per heavy atom. The Kier molecular flexibility index (Phi) is 9.33. The lowest BCUT2D eigenvalue weighted by Crippen LogP contribution is -2.28. The summed E-state index contributed by atoms with van der Waals surface area (Å²) in [6, 6.07) is 12.4. The zero-order valence-corrected chi connectivity index (χ0v) is 16.2. The van der Waals surface area contributed by atoms with Gasteiger partial charge in [0, 0.05) is 6.54 Å². The Morgan fingerprint density at radius 2 is 1.52 bits per heavy atom. The monoisotopic (exact) mass is 393 g/mol. The summed E-state index contributed by atoms with van der Waals surface area (Å²) in [5.41, 5.74) is 0.188. The van der Waals surface area contributed by atoms with E-state index < -0.39 is 11.9 Å². The molecule has 2 aromatic rings. The van der Waals surface area contributed by atoms with E-state index in [4.69, 9.17) is 9.47 Å². The number of carbonyl (C=O) groups excluding carboxylic acids is 2. The number of phenols is 1. The van der Waals surface area contributed by atoms with E-state index >= 15 is 0 Å². The highest BCUT2D eigenvalue weighted by atomic mass is 35.5. The molecular formula is C20H24ClNO5. The first-order valence-corrected chi connectivity index (χ1v) is 8.55. The molecule has 6 nitrogen and oxygen atoms in total. The summed E-state index contributed by atoms with van der Waals surface area (Å²) in [4.78, 5) is 26.7. The second kappa shape index (κ2) is 11.2. The average molecular weight is 394 g/mol. The second-order valence-electron chi connectivity index (χ2n) is 5.57. The van der Waals surface area contributed by atoms with Gasteiger partial charge in [0.1, 0.15) is 29.2 Å². The molecule has 0 aliphatic heterocycles. The van der Waals surface area contributed by atoms with E-state index in [1.165, 1.54) is 24.3 Å². The smallest absolute Gasteiger partial charge is 0.347 e. The van der Waals surface area contributed by atoms with Crippen LogP contribution in [0.5, 0.6) is 11.5 Å². The molecule has 0 spiro atoms. The molecule has 7 heteroatoms. The van der Waals surface area contributed by atoms with Crippen molar-refractivity contribution in [1.82, 2.24) is 4.90 Å². The standard InChI is InChI=1S/C20H23NO5.ClH/c1-3-21(4-2)13-14-25-19(23)16-10-6-8-12-18(16)26-20(24)15-9-5-7-11-17(15)22;/h5-12,22H,3-4,13-14H2,1-2H3;1H. The van der Waals surface area contributed by atoms with Gasteiger partial charge in [0.05, 0.1) is 0 Å². The lowest BCUT2D eigenvalue weighted by atomic mass is 10.2. The maximum Gasteiger partial charge on any atom is 0.347 e. The number of nitrogens with zero attached hydrogens (tertiary/aromatic N) is 1. The molecule has 1 N–H and O–H groups in total. The topological polar surface area (TPSA) is 76.1 Å². The molecular weight excluding hydrogens is 370 g/mol. The number of ether oxygens (including phenoxy) is 2. The predicted molar refractivity (Wildman–Crippen MR) is 105 cm³/mol. The van der Waals surface area contributed by atoms with Gasteiger partial charge in [0.2, 0.25) is 0 Å². The summed E-state index contributed by atoms with van der Waals surface area (Å²) in [5, 5.41) is 9.76. The fourth-order valence-corrected chi connectivity index (χ4v) is 2.41. The Hall–Kier alpha value is -2.57. The highest BCUT2D eigenvalue weighted by Gasteiger charge is 2.19. The van der Waals surface area contributed by atoms with Gasteiger partial charge in [-0.05, 0) is 37.4 Å². The molecule has 0 unspecified atom stereocenters. The highest BCUT2D eigenvalue weighted by Crippen LogP contribution is 2.23. The van der Waals surface area contributed by atoms with Gasteiger partial charge in [-0.2, -0.15) is 0 Å². The van der Waals surface area contributed by atoms with E-state index in [1.807, 2.05) is 13.8 Å². The van der Waals surface area contributed by atoms with Crippen LogP contribution in [0, 0.1) is 0 Å². The van der Waals surface area contributed by atoms with Crippen LogP contribution in [0.3, 0.4) is 0 Å². The van der Waals surface area contributed by atoms with E-state index in [0.717, 1.165) is 13.1 Å². The Bertz CT molecular complexity index is 762. The molecule has 0 fully saturated rings. The number of para-hydroxylation sites is 2. The number of aromatic hydroxyl groups is 1. The number of hydrogen-bond acceptors (Lipinski definition) is 6. The molecule has 0 aliphatic carbocycles.